The van der Waals surface area contributed by atoms with Crippen LogP contribution in [0.2, 0.25) is 0 Å². The second-order valence-corrected chi connectivity index (χ2v) is 6.00. The van der Waals surface area contributed by atoms with Crippen molar-refractivity contribution < 1.29 is 4.79 Å². The molecule has 0 aromatic carbocycles. The van der Waals surface area contributed by atoms with Crippen LogP contribution in [0.1, 0.15) is 18.9 Å². The monoisotopic (exact) mass is 287 g/mol. The van der Waals surface area contributed by atoms with Gasteiger partial charge in [0.1, 0.15) is 5.82 Å². The van der Waals surface area contributed by atoms with E-state index in [1.807, 2.05) is 18.3 Å². The molecule has 1 saturated carbocycles. The molecule has 1 aromatic rings. The number of piperidine rings is 1. The molecule has 2 heterocycles. The molecule has 0 spiro atoms. The van der Waals surface area contributed by atoms with Crippen molar-refractivity contribution in [2.75, 3.05) is 18.0 Å². The summed E-state index contributed by atoms with van der Waals surface area (Å²) in [7, 11) is 0. The SMILES string of the molecule is CC(=O)/C(N)=C/N(N)Cc1ccc(N2CC3CC3C2)nc1. The largest absolute Gasteiger partial charge is 0.395 e. The zero-order valence-corrected chi connectivity index (χ0v) is 12.2. The van der Waals surface area contributed by atoms with Gasteiger partial charge in [0.15, 0.2) is 5.78 Å². The molecule has 2 atom stereocenters. The Labute approximate surface area is 124 Å². The first-order valence-electron chi connectivity index (χ1n) is 7.22. The van der Waals surface area contributed by atoms with Gasteiger partial charge < -0.3 is 15.6 Å². The van der Waals surface area contributed by atoms with Gasteiger partial charge >= 0.3 is 0 Å². The molecule has 2 fully saturated rings. The number of allylic oxidation sites excluding steroid dienone is 1. The summed E-state index contributed by atoms with van der Waals surface area (Å²) in [6.07, 6.45) is 4.67. The molecule has 1 saturated heterocycles. The van der Waals surface area contributed by atoms with Gasteiger partial charge in [-0.1, -0.05) is 6.07 Å². The van der Waals surface area contributed by atoms with Crippen molar-refractivity contribution in [3.63, 3.8) is 0 Å². The lowest BCUT2D eigenvalue weighted by molar-refractivity contribution is -0.113. The van der Waals surface area contributed by atoms with E-state index in [9.17, 15) is 4.79 Å². The van der Waals surface area contributed by atoms with Crippen LogP contribution in [-0.4, -0.2) is 28.9 Å². The van der Waals surface area contributed by atoms with Gasteiger partial charge in [0.25, 0.3) is 0 Å². The summed E-state index contributed by atoms with van der Waals surface area (Å²) >= 11 is 0. The maximum absolute atomic E-state index is 11.1. The van der Waals surface area contributed by atoms with E-state index in [0.717, 1.165) is 36.3 Å². The molecule has 3 rings (SSSR count). The lowest BCUT2D eigenvalue weighted by Gasteiger charge is -2.19. The van der Waals surface area contributed by atoms with E-state index in [0.29, 0.717) is 6.54 Å². The number of nitrogens with two attached hydrogens (primary N) is 2. The number of anilines is 1. The van der Waals surface area contributed by atoms with Crippen LogP contribution in [0.25, 0.3) is 0 Å². The van der Waals surface area contributed by atoms with E-state index in [1.165, 1.54) is 24.6 Å². The van der Waals surface area contributed by atoms with E-state index < -0.39 is 0 Å². The Balaban J connectivity index is 1.59. The maximum Gasteiger partial charge on any atom is 0.176 e. The standard InChI is InChI=1S/C15H21N5O/c1-10(21)14(16)9-20(17)6-11-2-3-15(18-5-11)19-7-12-4-13(12)8-19/h2-3,5,9,12-13H,4,6-8,16-17H2,1H3/b14-9-. The number of fused-ring (bicyclic) bond motifs is 1. The lowest BCUT2D eigenvalue weighted by Crippen LogP contribution is -2.27. The van der Waals surface area contributed by atoms with Gasteiger partial charge in [0.2, 0.25) is 0 Å². The number of nitrogens with zero attached hydrogens (tertiary/aromatic N) is 3. The molecule has 1 aliphatic heterocycles. The molecule has 4 N–H and O–H groups in total. The van der Waals surface area contributed by atoms with E-state index in [-0.39, 0.29) is 11.5 Å². The second-order valence-electron chi connectivity index (χ2n) is 6.00. The Morgan fingerprint density at radius 2 is 2.19 bits per heavy atom. The van der Waals surface area contributed by atoms with Gasteiger partial charge in [-0.3, -0.25) is 4.79 Å². The summed E-state index contributed by atoms with van der Waals surface area (Å²) < 4.78 is 0. The fraction of sp³-hybridized carbons (Fsp3) is 0.467. The van der Waals surface area contributed by atoms with Gasteiger partial charge in [0.05, 0.1) is 12.2 Å². The van der Waals surface area contributed by atoms with Crippen LogP contribution in [0.4, 0.5) is 5.82 Å². The van der Waals surface area contributed by atoms with Crippen LogP contribution in [0.3, 0.4) is 0 Å². The van der Waals surface area contributed by atoms with Crippen molar-refractivity contribution in [3.05, 3.63) is 35.8 Å². The van der Waals surface area contributed by atoms with Crippen LogP contribution >= 0.6 is 0 Å². The van der Waals surface area contributed by atoms with Crippen molar-refractivity contribution in [2.24, 2.45) is 23.4 Å². The normalized spacial score (nSPS) is 23.9. The molecular formula is C15H21N5O. The second kappa shape index (κ2) is 5.37. The summed E-state index contributed by atoms with van der Waals surface area (Å²) in [4.78, 5) is 17.9. The average molecular weight is 287 g/mol. The first kappa shape index (κ1) is 13.9. The topological polar surface area (TPSA) is 88.5 Å². The zero-order chi connectivity index (χ0) is 15.0. The molecule has 0 radical (unpaired) electrons. The highest BCUT2D eigenvalue weighted by molar-refractivity contribution is 5.92. The van der Waals surface area contributed by atoms with Crippen molar-refractivity contribution in [3.8, 4) is 0 Å². The highest BCUT2D eigenvalue weighted by Gasteiger charge is 2.45. The third-order valence-corrected chi connectivity index (χ3v) is 4.19. The van der Waals surface area contributed by atoms with Gasteiger partial charge in [-0.2, -0.15) is 0 Å². The third-order valence-electron chi connectivity index (χ3n) is 4.19. The molecule has 0 amide bonds. The van der Waals surface area contributed by atoms with Gasteiger partial charge in [-0.15, -0.1) is 0 Å². The van der Waals surface area contributed by atoms with E-state index in [4.69, 9.17) is 11.6 Å². The van der Waals surface area contributed by atoms with Crippen LogP contribution in [0.15, 0.2) is 30.2 Å². The quantitative estimate of drug-likeness (QED) is 0.468. The molecule has 21 heavy (non-hydrogen) atoms. The number of Topliss-reactive ketones (excluding diaryl/α,β-unsaturated/α-hetero) is 1. The first-order chi connectivity index (χ1) is 10.0. The van der Waals surface area contributed by atoms with Crippen molar-refractivity contribution in [2.45, 2.75) is 19.9 Å². The minimum atomic E-state index is -0.188. The average Bonchev–Trinajstić information content (AvgIpc) is 3.05. The zero-order valence-electron chi connectivity index (χ0n) is 12.2. The number of carbonyl (C=O) groups excluding carboxylic acids is 1. The fourth-order valence-electron chi connectivity index (χ4n) is 2.81. The predicted molar refractivity (Wildman–Crippen MR) is 80.7 cm³/mol. The molecule has 1 aliphatic carbocycles. The molecular weight excluding hydrogens is 266 g/mol. The molecule has 1 aromatic heterocycles. The first-order valence-corrected chi connectivity index (χ1v) is 7.22. The Hall–Kier alpha value is -2.08. The highest BCUT2D eigenvalue weighted by atomic mass is 16.1. The molecule has 2 unspecified atom stereocenters. The van der Waals surface area contributed by atoms with Crippen LogP contribution in [0, 0.1) is 11.8 Å². The van der Waals surface area contributed by atoms with Crippen molar-refractivity contribution in [1.29, 1.82) is 0 Å². The smallest absolute Gasteiger partial charge is 0.176 e. The predicted octanol–water partition coefficient (Wildman–Crippen LogP) is 0.603. The van der Waals surface area contributed by atoms with Crippen LogP contribution < -0.4 is 16.5 Å². The molecule has 112 valence electrons. The Morgan fingerprint density at radius 3 is 2.76 bits per heavy atom. The number of carbonyl (C=O) groups is 1. The maximum atomic E-state index is 11.1. The minimum absolute atomic E-state index is 0.151. The van der Waals surface area contributed by atoms with Crippen molar-refractivity contribution >= 4 is 11.6 Å². The number of pyridine rings is 1. The van der Waals surface area contributed by atoms with Crippen LogP contribution in [0.5, 0.6) is 0 Å². The Morgan fingerprint density at radius 1 is 1.48 bits per heavy atom. The molecule has 6 heteroatoms. The molecule has 0 bridgehead atoms. The van der Waals surface area contributed by atoms with E-state index >= 15 is 0 Å². The third kappa shape index (κ3) is 3.16. The molecule has 6 nitrogen and oxygen atoms in total. The minimum Gasteiger partial charge on any atom is -0.395 e. The lowest BCUT2D eigenvalue weighted by atomic mass is 10.2. The number of hydrogen-bond acceptors (Lipinski definition) is 6. The number of aromatic nitrogens is 1. The van der Waals surface area contributed by atoms with E-state index in [2.05, 4.69) is 9.88 Å². The number of rotatable bonds is 5. The van der Waals surface area contributed by atoms with Crippen LogP contribution in [-0.2, 0) is 11.3 Å². The Bertz CT molecular complexity index is 558. The summed E-state index contributed by atoms with van der Waals surface area (Å²) in [6, 6.07) is 4.05. The number of ketones is 1. The van der Waals surface area contributed by atoms with Gasteiger partial charge in [-0.25, -0.2) is 10.8 Å². The summed E-state index contributed by atoms with van der Waals surface area (Å²) in [5.41, 5.74) is 6.70. The van der Waals surface area contributed by atoms with E-state index in [1.54, 1.807) is 0 Å². The summed E-state index contributed by atoms with van der Waals surface area (Å²) in [5.74, 6) is 8.45. The highest BCUT2D eigenvalue weighted by Crippen LogP contribution is 2.45. The number of hydrazine groups is 1. The molecule has 2 aliphatic rings. The fourth-order valence-corrected chi connectivity index (χ4v) is 2.81. The Kier molecular flexibility index (Phi) is 3.55. The summed E-state index contributed by atoms with van der Waals surface area (Å²) in [6.45, 7) is 4.15. The van der Waals surface area contributed by atoms with Gasteiger partial charge in [0, 0.05) is 32.4 Å². The summed E-state index contributed by atoms with van der Waals surface area (Å²) in [5, 5.41) is 1.40. The van der Waals surface area contributed by atoms with Crippen molar-refractivity contribution in [1.82, 2.24) is 9.99 Å². The van der Waals surface area contributed by atoms with Gasteiger partial charge in [-0.05, 0) is 29.9 Å². The number of hydrogen-bond donors (Lipinski definition) is 2.